The summed E-state index contributed by atoms with van der Waals surface area (Å²) in [6.07, 6.45) is 4.24. The van der Waals surface area contributed by atoms with Crippen LogP contribution in [0.25, 0.3) is 17.1 Å². The van der Waals surface area contributed by atoms with Crippen LogP contribution in [0.1, 0.15) is 53.8 Å². The average molecular weight is 506 g/mol. The Balaban J connectivity index is 1.73. The van der Waals surface area contributed by atoms with Crippen LogP contribution in [0.3, 0.4) is 0 Å². The third-order valence-electron chi connectivity index (χ3n) is 5.83. The lowest BCUT2D eigenvalue weighted by Crippen LogP contribution is -2.45. The van der Waals surface area contributed by atoms with Crippen LogP contribution in [0.4, 0.5) is 0 Å². The molecule has 0 atom stereocenters. The van der Waals surface area contributed by atoms with Gasteiger partial charge in [-0.3, -0.25) is 14.8 Å². The number of aromatic nitrogens is 2. The van der Waals surface area contributed by atoms with Crippen molar-refractivity contribution in [3.63, 3.8) is 0 Å². The van der Waals surface area contributed by atoms with Gasteiger partial charge in [0.15, 0.2) is 5.69 Å². The van der Waals surface area contributed by atoms with E-state index in [0.717, 1.165) is 37.2 Å². The van der Waals surface area contributed by atoms with E-state index in [1.165, 1.54) is 6.42 Å². The molecule has 1 amide bonds. The number of imidazole rings is 1. The monoisotopic (exact) mass is 505 g/mol. The van der Waals surface area contributed by atoms with Gasteiger partial charge >= 0.3 is 0 Å². The number of halogens is 2. The maximum absolute atomic E-state index is 13.2. The van der Waals surface area contributed by atoms with Gasteiger partial charge in [-0.15, -0.1) is 0 Å². The molecule has 0 saturated carbocycles. The number of hydrogen-bond donors (Lipinski definition) is 1. The molecule has 0 aliphatic carbocycles. The molecule has 0 unspecified atom stereocenters. The van der Waals surface area contributed by atoms with E-state index in [4.69, 9.17) is 33.4 Å². The Morgan fingerprint density at radius 1 is 1.09 bits per heavy atom. The summed E-state index contributed by atoms with van der Waals surface area (Å²) in [7, 11) is 0. The molecular formula is C27H25Cl2N5O. The maximum Gasteiger partial charge on any atom is 0.286 e. The van der Waals surface area contributed by atoms with Crippen molar-refractivity contribution in [3.05, 3.63) is 69.5 Å². The second-order valence-corrected chi connectivity index (χ2v) is 9.17. The zero-order chi connectivity index (χ0) is 24.8. The second kappa shape index (κ2) is 11.4. The van der Waals surface area contributed by atoms with Crippen molar-refractivity contribution in [1.29, 1.82) is 5.26 Å². The first-order chi connectivity index (χ1) is 17.0. The van der Waals surface area contributed by atoms with E-state index >= 15 is 0 Å². The van der Waals surface area contributed by atoms with Gasteiger partial charge in [0, 0.05) is 47.8 Å². The van der Waals surface area contributed by atoms with E-state index in [1.54, 1.807) is 12.1 Å². The van der Waals surface area contributed by atoms with Gasteiger partial charge in [-0.1, -0.05) is 41.5 Å². The molecule has 1 saturated heterocycles. The third-order valence-corrected chi connectivity index (χ3v) is 6.38. The van der Waals surface area contributed by atoms with Crippen molar-refractivity contribution in [1.82, 2.24) is 20.0 Å². The fourth-order valence-corrected chi connectivity index (χ4v) is 4.56. The number of nitrogens with zero attached hydrogens (tertiary/aromatic N) is 4. The lowest BCUT2D eigenvalue weighted by molar-refractivity contribution is 0.0744. The number of benzene rings is 2. The highest BCUT2D eigenvalue weighted by Crippen LogP contribution is 2.33. The first-order valence-corrected chi connectivity index (χ1v) is 12.3. The highest BCUT2D eigenvalue weighted by atomic mass is 35.5. The molecule has 1 N–H and O–H groups in total. The van der Waals surface area contributed by atoms with E-state index in [9.17, 15) is 4.79 Å². The SMILES string of the molecule is Cc1c(C(=O)NN2CCCCC2)nc(-c2ccc(Cl)cc2Cl)n1-c1ccc(C#CCCC#N)cc1. The van der Waals surface area contributed by atoms with Crippen LogP contribution in [0.5, 0.6) is 0 Å². The highest BCUT2D eigenvalue weighted by Gasteiger charge is 2.24. The number of unbranched alkanes of at least 4 members (excludes halogenated alkanes) is 1. The molecule has 35 heavy (non-hydrogen) atoms. The molecule has 0 radical (unpaired) electrons. The largest absolute Gasteiger partial charge is 0.296 e. The number of hydrogen-bond acceptors (Lipinski definition) is 4. The van der Waals surface area contributed by atoms with Crippen LogP contribution in [-0.2, 0) is 0 Å². The van der Waals surface area contributed by atoms with Gasteiger partial charge in [0.2, 0.25) is 0 Å². The molecule has 1 aliphatic rings. The van der Waals surface area contributed by atoms with Gasteiger partial charge in [-0.25, -0.2) is 9.99 Å². The van der Waals surface area contributed by atoms with Crippen LogP contribution in [-0.4, -0.2) is 33.6 Å². The summed E-state index contributed by atoms with van der Waals surface area (Å²) in [6.45, 7) is 3.54. The lowest BCUT2D eigenvalue weighted by Gasteiger charge is -2.26. The molecule has 178 valence electrons. The van der Waals surface area contributed by atoms with Gasteiger partial charge in [-0.2, -0.15) is 5.26 Å². The topological polar surface area (TPSA) is 74.0 Å². The summed E-state index contributed by atoms with van der Waals surface area (Å²) in [5.74, 6) is 6.39. The van der Waals surface area contributed by atoms with Crippen molar-refractivity contribution >= 4 is 29.1 Å². The summed E-state index contributed by atoms with van der Waals surface area (Å²) < 4.78 is 1.92. The van der Waals surface area contributed by atoms with Gasteiger partial charge in [0.1, 0.15) is 5.82 Å². The lowest BCUT2D eigenvalue weighted by atomic mass is 10.1. The number of amides is 1. The minimum Gasteiger partial charge on any atom is -0.296 e. The summed E-state index contributed by atoms with van der Waals surface area (Å²) in [5.41, 5.74) is 6.41. The van der Waals surface area contributed by atoms with Crippen molar-refractivity contribution < 1.29 is 4.79 Å². The minimum atomic E-state index is -0.241. The fourth-order valence-electron chi connectivity index (χ4n) is 4.06. The zero-order valence-corrected chi connectivity index (χ0v) is 21.0. The maximum atomic E-state index is 13.2. The number of hydrazine groups is 1. The molecule has 2 heterocycles. The Bertz CT molecular complexity index is 1320. The first kappa shape index (κ1) is 24.8. The smallest absolute Gasteiger partial charge is 0.286 e. The van der Waals surface area contributed by atoms with Crippen LogP contribution >= 0.6 is 23.2 Å². The van der Waals surface area contributed by atoms with E-state index in [1.807, 2.05) is 46.8 Å². The van der Waals surface area contributed by atoms with E-state index in [0.29, 0.717) is 45.7 Å². The van der Waals surface area contributed by atoms with E-state index < -0.39 is 0 Å². The number of nitrogens with one attached hydrogen (secondary N) is 1. The summed E-state index contributed by atoms with van der Waals surface area (Å²) >= 11 is 12.7. The summed E-state index contributed by atoms with van der Waals surface area (Å²) in [4.78, 5) is 17.9. The molecular weight excluding hydrogens is 481 g/mol. The van der Waals surface area contributed by atoms with Crippen molar-refractivity contribution in [2.45, 2.75) is 39.0 Å². The standard InChI is InChI=1S/C27H25Cl2N5O/c1-19-25(27(35)32-33-16-6-3-7-17-33)31-26(23-14-11-21(28)18-24(23)29)34(19)22-12-9-20(10-13-22)8-4-2-5-15-30/h9-14,18H,2-3,5-7,16-17H2,1H3,(H,32,35). The highest BCUT2D eigenvalue weighted by molar-refractivity contribution is 6.36. The molecule has 2 aromatic carbocycles. The molecule has 0 spiro atoms. The molecule has 1 aromatic heterocycles. The Kier molecular flexibility index (Phi) is 8.10. The average Bonchev–Trinajstić information content (AvgIpc) is 3.19. The molecule has 1 fully saturated rings. The molecule has 1 aliphatic heterocycles. The van der Waals surface area contributed by atoms with Gasteiger partial charge in [0.25, 0.3) is 5.91 Å². The van der Waals surface area contributed by atoms with Gasteiger partial charge in [-0.05, 0) is 62.2 Å². The Morgan fingerprint density at radius 2 is 1.83 bits per heavy atom. The number of carbonyl (C=O) groups is 1. The Labute approximate surface area is 215 Å². The molecule has 0 bridgehead atoms. The Morgan fingerprint density at radius 3 is 2.51 bits per heavy atom. The molecule has 4 rings (SSSR count). The number of nitriles is 1. The van der Waals surface area contributed by atoms with Gasteiger partial charge in [0.05, 0.1) is 16.8 Å². The van der Waals surface area contributed by atoms with Crippen molar-refractivity contribution in [2.24, 2.45) is 0 Å². The predicted molar refractivity (Wildman–Crippen MR) is 138 cm³/mol. The van der Waals surface area contributed by atoms with Crippen LogP contribution in [0.15, 0.2) is 42.5 Å². The molecule has 3 aromatic rings. The van der Waals surface area contributed by atoms with Crippen LogP contribution in [0.2, 0.25) is 10.0 Å². The predicted octanol–water partition coefficient (Wildman–Crippen LogP) is 5.94. The van der Waals surface area contributed by atoms with Crippen molar-refractivity contribution in [2.75, 3.05) is 13.1 Å². The quantitative estimate of drug-likeness (QED) is 0.343. The van der Waals surface area contributed by atoms with Crippen LogP contribution < -0.4 is 5.43 Å². The van der Waals surface area contributed by atoms with E-state index in [-0.39, 0.29) is 5.91 Å². The zero-order valence-electron chi connectivity index (χ0n) is 19.4. The number of rotatable bonds is 5. The summed E-state index contributed by atoms with van der Waals surface area (Å²) in [6, 6.07) is 15.0. The minimum absolute atomic E-state index is 0.241. The molecule has 8 heteroatoms. The third kappa shape index (κ3) is 5.86. The normalized spacial score (nSPS) is 13.5. The van der Waals surface area contributed by atoms with Crippen molar-refractivity contribution in [3.8, 4) is 35.0 Å². The summed E-state index contributed by atoms with van der Waals surface area (Å²) in [5, 5.41) is 11.6. The Hall–Kier alpha value is -3.29. The number of piperidine rings is 1. The first-order valence-electron chi connectivity index (χ1n) is 11.5. The van der Waals surface area contributed by atoms with Gasteiger partial charge < -0.3 is 0 Å². The fraction of sp³-hybridized carbons (Fsp3) is 0.296. The van der Waals surface area contributed by atoms with Crippen LogP contribution in [0, 0.1) is 30.1 Å². The van der Waals surface area contributed by atoms with E-state index in [2.05, 4.69) is 23.3 Å². The second-order valence-electron chi connectivity index (χ2n) is 8.32. The molecule has 6 nitrogen and oxygen atoms in total. The number of carbonyl (C=O) groups excluding carboxylic acids is 1.